The molecule has 2 rings (SSSR count). The van der Waals surface area contributed by atoms with Crippen LogP contribution < -0.4 is 4.74 Å². The molecule has 0 saturated heterocycles. The molecule has 23 heavy (non-hydrogen) atoms. The van der Waals surface area contributed by atoms with E-state index < -0.39 is 0 Å². The number of allylic oxidation sites excluding steroid dienone is 2. The van der Waals surface area contributed by atoms with Gasteiger partial charge in [0, 0.05) is 23.7 Å². The maximum Gasteiger partial charge on any atom is 0.145 e. The number of para-hydroxylation sites is 1. The van der Waals surface area contributed by atoms with Gasteiger partial charge in [0.1, 0.15) is 17.1 Å². The van der Waals surface area contributed by atoms with Gasteiger partial charge >= 0.3 is 0 Å². The minimum atomic E-state index is 0.724. The zero-order chi connectivity index (χ0) is 17.2. The number of benzene rings is 1. The van der Waals surface area contributed by atoms with E-state index in [0.29, 0.717) is 0 Å². The third-order valence-electron chi connectivity index (χ3n) is 3.30. The molecule has 0 aliphatic carbocycles. The molecule has 0 radical (unpaired) electrons. The van der Waals surface area contributed by atoms with Crippen LogP contribution in [0.4, 0.5) is 0 Å². The molecule has 0 unspecified atom stereocenters. The monoisotopic (exact) mass is 311 g/mol. The Balaban J connectivity index is 0.00000127. The fraction of sp³-hybridized carbons (Fsp3) is 0.316. The van der Waals surface area contributed by atoms with Crippen molar-refractivity contribution in [1.29, 1.82) is 0 Å². The molecule has 0 fully saturated rings. The van der Waals surface area contributed by atoms with Gasteiger partial charge in [0.25, 0.3) is 0 Å². The van der Waals surface area contributed by atoms with Crippen LogP contribution in [0.3, 0.4) is 0 Å². The summed E-state index contributed by atoms with van der Waals surface area (Å²) in [6.45, 7) is 13.2. The van der Waals surface area contributed by atoms with Gasteiger partial charge in [-0.15, -0.1) is 0 Å². The van der Waals surface area contributed by atoms with Crippen molar-refractivity contribution in [1.82, 2.24) is 9.97 Å². The summed E-state index contributed by atoms with van der Waals surface area (Å²) in [5, 5.41) is 1.02. The molecule has 2 aromatic rings. The van der Waals surface area contributed by atoms with Crippen molar-refractivity contribution in [3.63, 3.8) is 0 Å². The van der Waals surface area contributed by atoms with E-state index in [0.717, 1.165) is 46.6 Å². The van der Waals surface area contributed by atoms with E-state index in [2.05, 4.69) is 28.3 Å². The van der Waals surface area contributed by atoms with Crippen molar-refractivity contribution in [2.75, 3.05) is 7.11 Å². The first-order chi connectivity index (χ1) is 11.2. The topological polar surface area (TPSA) is 47.4 Å². The van der Waals surface area contributed by atoms with E-state index in [9.17, 15) is 0 Å². The summed E-state index contributed by atoms with van der Waals surface area (Å²) in [5.74, 6) is 1.56. The van der Waals surface area contributed by atoms with Crippen molar-refractivity contribution < 1.29 is 4.74 Å². The van der Waals surface area contributed by atoms with Crippen molar-refractivity contribution in [2.24, 2.45) is 4.99 Å². The lowest BCUT2D eigenvalue weighted by Gasteiger charge is -2.09. The highest BCUT2D eigenvalue weighted by Crippen LogP contribution is 2.25. The third kappa shape index (κ3) is 4.74. The second kappa shape index (κ2) is 9.51. The fourth-order valence-electron chi connectivity index (χ4n) is 2.21. The first-order valence-corrected chi connectivity index (χ1v) is 7.77. The highest BCUT2D eigenvalue weighted by molar-refractivity contribution is 5.86. The molecule has 4 nitrogen and oxygen atoms in total. The Labute approximate surface area is 138 Å². The van der Waals surface area contributed by atoms with E-state index in [1.54, 1.807) is 19.4 Å². The van der Waals surface area contributed by atoms with Crippen LogP contribution in [0.5, 0.6) is 5.75 Å². The van der Waals surface area contributed by atoms with Crippen molar-refractivity contribution in [3.05, 3.63) is 54.1 Å². The summed E-state index contributed by atoms with van der Waals surface area (Å²) in [6.07, 6.45) is 5.00. The molecule has 1 aromatic carbocycles. The number of hydrogen-bond donors (Lipinski definition) is 0. The lowest BCUT2D eigenvalue weighted by molar-refractivity contribution is 0.418. The van der Waals surface area contributed by atoms with Crippen LogP contribution in [0.2, 0.25) is 0 Å². The Morgan fingerprint density at radius 2 is 2.04 bits per heavy atom. The number of methoxy groups -OCH3 is 1. The van der Waals surface area contributed by atoms with Gasteiger partial charge in [-0.1, -0.05) is 38.6 Å². The molecule has 1 heterocycles. The highest BCUT2D eigenvalue weighted by Gasteiger charge is 2.09. The fourth-order valence-corrected chi connectivity index (χ4v) is 2.21. The lowest BCUT2D eigenvalue weighted by atomic mass is 10.1. The molecule has 0 aliphatic heterocycles. The first kappa shape index (κ1) is 18.6. The molecule has 0 atom stereocenters. The van der Waals surface area contributed by atoms with Gasteiger partial charge in [0.15, 0.2) is 0 Å². The lowest BCUT2D eigenvalue weighted by Crippen LogP contribution is -2.00. The minimum Gasteiger partial charge on any atom is -0.494 e. The molecule has 0 saturated carbocycles. The van der Waals surface area contributed by atoms with Gasteiger partial charge in [-0.05, 0) is 31.7 Å². The third-order valence-corrected chi connectivity index (χ3v) is 3.30. The summed E-state index contributed by atoms with van der Waals surface area (Å²) in [5.41, 5.74) is 2.83. The molecule has 122 valence electrons. The summed E-state index contributed by atoms with van der Waals surface area (Å²) in [7, 11) is 1.65. The van der Waals surface area contributed by atoms with E-state index in [1.165, 1.54) is 0 Å². The smallest absolute Gasteiger partial charge is 0.145 e. The average molecular weight is 311 g/mol. The summed E-state index contributed by atoms with van der Waals surface area (Å²) >= 11 is 0. The summed E-state index contributed by atoms with van der Waals surface area (Å²) in [4.78, 5) is 13.0. The van der Waals surface area contributed by atoms with Crippen molar-refractivity contribution in [2.45, 2.75) is 33.6 Å². The maximum atomic E-state index is 5.38. The molecule has 0 spiro atoms. The zero-order valence-corrected chi connectivity index (χ0v) is 14.5. The van der Waals surface area contributed by atoms with Gasteiger partial charge < -0.3 is 4.74 Å². The number of aryl methyl sites for hydroxylation is 2. The normalized spacial score (nSPS) is 10.7. The van der Waals surface area contributed by atoms with Crippen LogP contribution in [0, 0.1) is 6.92 Å². The van der Waals surface area contributed by atoms with Crippen LogP contribution in [0.15, 0.2) is 47.6 Å². The van der Waals surface area contributed by atoms with Crippen molar-refractivity contribution in [3.8, 4) is 5.75 Å². The summed E-state index contributed by atoms with van der Waals surface area (Å²) < 4.78 is 5.38. The predicted molar refractivity (Wildman–Crippen MR) is 98.3 cm³/mol. The number of fused-ring (bicyclic) bond motifs is 1. The SMILES string of the molecule is C=C/C(=C\N=C)CCc1nc(C)c2cccc(OC)c2n1.CC. The number of ether oxygens (including phenoxy) is 1. The van der Waals surface area contributed by atoms with Gasteiger partial charge in [-0.25, -0.2) is 9.97 Å². The van der Waals surface area contributed by atoms with Gasteiger partial charge in [-0.2, -0.15) is 0 Å². The van der Waals surface area contributed by atoms with Crippen LogP contribution >= 0.6 is 0 Å². The van der Waals surface area contributed by atoms with Gasteiger partial charge in [-0.3, -0.25) is 4.99 Å². The second-order valence-corrected chi connectivity index (χ2v) is 4.67. The Hall–Kier alpha value is -2.49. The second-order valence-electron chi connectivity index (χ2n) is 4.67. The number of aliphatic imine (C=N–C) groups is 1. The molecule has 0 N–H and O–H groups in total. The van der Waals surface area contributed by atoms with Gasteiger partial charge in [0.05, 0.1) is 7.11 Å². The molecule has 0 bridgehead atoms. The van der Waals surface area contributed by atoms with E-state index in [-0.39, 0.29) is 0 Å². The molecule has 0 aliphatic rings. The number of hydrogen-bond acceptors (Lipinski definition) is 4. The Morgan fingerprint density at radius 1 is 1.30 bits per heavy atom. The zero-order valence-electron chi connectivity index (χ0n) is 14.5. The predicted octanol–water partition coefficient (Wildman–Crippen LogP) is 4.68. The van der Waals surface area contributed by atoms with Crippen LogP contribution in [0.25, 0.3) is 10.9 Å². The van der Waals surface area contributed by atoms with E-state index >= 15 is 0 Å². The molecule has 1 aromatic heterocycles. The molecular formula is C19H25N3O. The molecular weight excluding hydrogens is 286 g/mol. The molecule has 4 heteroatoms. The van der Waals surface area contributed by atoms with Gasteiger partial charge in [0.2, 0.25) is 0 Å². The first-order valence-electron chi connectivity index (χ1n) is 7.77. The standard InChI is InChI=1S/C17H19N3O.C2H6/c1-5-13(11-18-3)9-10-16-19-12(2)14-7-6-8-15(21-4)17(14)20-16;1-2/h5-8,11H,1,3,9-10H2,2,4H3;1-2H3/b13-11+;. The minimum absolute atomic E-state index is 0.724. The maximum absolute atomic E-state index is 5.38. The highest BCUT2D eigenvalue weighted by atomic mass is 16.5. The van der Waals surface area contributed by atoms with Crippen LogP contribution in [-0.4, -0.2) is 23.8 Å². The Kier molecular flexibility index (Phi) is 7.67. The Bertz CT molecular complexity index is 705. The average Bonchev–Trinajstić information content (AvgIpc) is 2.60. The number of aromatic nitrogens is 2. The van der Waals surface area contributed by atoms with Crippen LogP contribution in [0.1, 0.15) is 31.8 Å². The number of rotatable bonds is 6. The van der Waals surface area contributed by atoms with Crippen molar-refractivity contribution >= 4 is 17.6 Å². The quantitative estimate of drug-likeness (QED) is 0.575. The Morgan fingerprint density at radius 3 is 2.65 bits per heavy atom. The van der Waals surface area contributed by atoms with E-state index in [4.69, 9.17) is 4.74 Å². The van der Waals surface area contributed by atoms with Crippen LogP contribution in [-0.2, 0) is 6.42 Å². The number of nitrogens with zero attached hydrogens (tertiary/aromatic N) is 3. The summed E-state index contributed by atoms with van der Waals surface area (Å²) in [6, 6.07) is 5.87. The van der Waals surface area contributed by atoms with E-state index in [1.807, 2.05) is 39.0 Å². The molecule has 0 amide bonds. The largest absolute Gasteiger partial charge is 0.494 e.